The highest BCUT2D eigenvalue weighted by Crippen LogP contribution is 2.35. The molecule has 128 valence electrons. The highest BCUT2D eigenvalue weighted by atomic mass is 16.4. The fraction of sp³-hybridized carbons (Fsp3) is 0. The predicted molar refractivity (Wildman–Crippen MR) is 97.7 cm³/mol. The van der Waals surface area contributed by atoms with Gasteiger partial charge in [0, 0.05) is 17.4 Å². The largest absolute Gasteiger partial charge is 0.508 e. The van der Waals surface area contributed by atoms with E-state index in [4.69, 9.17) is 0 Å². The minimum atomic E-state index is -1.01. The molecule has 4 rings (SSSR count). The van der Waals surface area contributed by atoms with Gasteiger partial charge in [-0.25, -0.2) is 4.79 Å². The molecule has 0 amide bonds. The van der Waals surface area contributed by atoms with Gasteiger partial charge >= 0.3 is 5.97 Å². The van der Waals surface area contributed by atoms with E-state index in [1.165, 1.54) is 0 Å². The van der Waals surface area contributed by atoms with Crippen LogP contribution in [0.3, 0.4) is 0 Å². The van der Waals surface area contributed by atoms with Crippen LogP contribution in [0.5, 0.6) is 5.75 Å². The van der Waals surface area contributed by atoms with E-state index < -0.39 is 5.97 Å². The third-order valence-corrected chi connectivity index (χ3v) is 4.07. The number of aromatic nitrogens is 3. The second-order valence-corrected chi connectivity index (χ2v) is 5.71. The van der Waals surface area contributed by atoms with Crippen LogP contribution in [0, 0.1) is 0 Å². The van der Waals surface area contributed by atoms with E-state index in [-0.39, 0.29) is 11.3 Å². The third-order valence-electron chi connectivity index (χ3n) is 4.07. The fourth-order valence-corrected chi connectivity index (χ4v) is 2.88. The summed E-state index contributed by atoms with van der Waals surface area (Å²) in [4.78, 5) is 14.6. The molecular weight excluding hydrogens is 332 g/mol. The lowest BCUT2D eigenvalue weighted by atomic mass is 9.99. The van der Waals surface area contributed by atoms with E-state index >= 15 is 0 Å². The number of carbonyl (C=O) groups is 1. The van der Waals surface area contributed by atoms with Crippen molar-refractivity contribution in [3.05, 3.63) is 66.5 Å². The minimum Gasteiger partial charge on any atom is -0.508 e. The Labute approximate surface area is 148 Å². The van der Waals surface area contributed by atoms with E-state index in [1.54, 1.807) is 60.9 Å². The number of nitrogens with one attached hydrogen (secondary N) is 2. The summed E-state index contributed by atoms with van der Waals surface area (Å²) in [5, 5.41) is 31.0. The van der Waals surface area contributed by atoms with Gasteiger partial charge in [-0.15, -0.1) is 5.10 Å². The summed E-state index contributed by atoms with van der Waals surface area (Å²) in [6, 6.07) is 13.4. The predicted octanol–water partition coefficient (Wildman–Crippen LogP) is 3.77. The summed E-state index contributed by atoms with van der Waals surface area (Å²) < 4.78 is 0. The van der Waals surface area contributed by atoms with Gasteiger partial charge in [0.15, 0.2) is 5.65 Å². The van der Waals surface area contributed by atoms with Crippen molar-refractivity contribution in [2.75, 3.05) is 5.32 Å². The number of aromatic carboxylic acids is 1. The zero-order valence-electron chi connectivity index (χ0n) is 13.5. The number of fused-ring (bicyclic) bond motifs is 1. The smallest absolute Gasteiger partial charge is 0.336 e. The van der Waals surface area contributed by atoms with Crippen LogP contribution < -0.4 is 5.32 Å². The lowest BCUT2D eigenvalue weighted by molar-refractivity contribution is 0.0697. The second-order valence-electron chi connectivity index (χ2n) is 5.71. The number of aromatic hydroxyl groups is 1. The topological polar surface area (TPSA) is 111 Å². The number of carboxylic acid groups (broad SMARTS) is 1. The molecule has 4 aromatic rings. The van der Waals surface area contributed by atoms with Crippen LogP contribution >= 0.6 is 0 Å². The summed E-state index contributed by atoms with van der Waals surface area (Å²) in [5.74, 6) is -0.828. The quantitative estimate of drug-likeness (QED) is 0.419. The molecule has 0 spiro atoms. The van der Waals surface area contributed by atoms with Crippen molar-refractivity contribution in [3.8, 4) is 16.9 Å². The van der Waals surface area contributed by atoms with Crippen molar-refractivity contribution >= 4 is 28.4 Å². The van der Waals surface area contributed by atoms with E-state index in [1.807, 2.05) is 0 Å². The number of hydrogen-bond acceptors (Lipinski definition) is 5. The van der Waals surface area contributed by atoms with Gasteiger partial charge in [0.1, 0.15) is 5.75 Å². The molecule has 0 bridgehead atoms. The summed E-state index contributed by atoms with van der Waals surface area (Å²) in [5.41, 5.74) is 3.47. The highest BCUT2D eigenvalue weighted by molar-refractivity contribution is 6.07. The molecule has 0 aliphatic heterocycles. The molecule has 2 aromatic heterocycles. The number of H-pyrrole nitrogens is 1. The van der Waals surface area contributed by atoms with Gasteiger partial charge in [-0.1, -0.05) is 18.2 Å². The maximum absolute atomic E-state index is 11.6. The van der Waals surface area contributed by atoms with Crippen LogP contribution in [0.4, 0.5) is 11.4 Å². The molecule has 0 aliphatic carbocycles. The summed E-state index contributed by atoms with van der Waals surface area (Å²) in [7, 11) is 0. The van der Waals surface area contributed by atoms with Crippen molar-refractivity contribution in [2.45, 2.75) is 0 Å². The molecule has 0 aliphatic rings. The molecule has 2 aromatic carbocycles. The normalized spacial score (nSPS) is 10.8. The first-order valence-electron chi connectivity index (χ1n) is 7.85. The van der Waals surface area contributed by atoms with Gasteiger partial charge < -0.3 is 20.5 Å². The number of carboxylic acids is 1. The van der Waals surface area contributed by atoms with E-state index in [9.17, 15) is 15.0 Å². The molecular formula is C19H14N4O3. The first-order chi connectivity index (χ1) is 12.6. The Bertz CT molecular complexity index is 1100. The number of rotatable bonds is 4. The number of phenolic OH excluding ortho intramolecular Hbond substituents is 1. The number of anilines is 2. The molecule has 7 heteroatoms. The van der Waals surface area contributed by atoms with Crippen molar-refractivity contribution < 1.29 is 15.0 Å². The lowest BCUT2D eigenvalue weighted by Gasteiger charge is -2.10. The van der Waals surface area contributed by atoms with Crippen LogP contribution in [0.15, 0.2) is 60.9 Å². The zero-order valence-corrected chi connectivity index (χ0v) is 13.5. The van der Waals surface area contributed by atoms with Crippen LogP contribution in [0.1, 0.15) is 10.4 Å². The SMILES string of the molecule is O=C(O)c1ccccc1-c1cnnc2[nH]cc(Nc3ccc(O)cc3)c12. The molecule has 0 unspecified atom stereocenters. The Hall–Kier alpha value is -3.87. The number of benzene rings is 2. The van der Waals surface area contributed by atoms with Crippen LogP contribution in [-0.4, -0.2) is 31.4 Å². The van der Waals surface area contributed by atoms with Gasteiger partial charge in [-0.2, -0.15) is 5.10 Å². The van der Waals surface area contributed by atoms with Gasteiger partial charge in [0.25, 0.3) is 0 Å². The Balaban J connectivity index is 1.88. The standard InChI is InChI=1S/C19H14N4O3/c24-12-7-5-11(6-8-12)22-16-10-20-18-17(16)15(9-21-23-18)13-3-1-2-4-14(13)19(25)26/h1-10,22,24H,(H,20,23)(H,25,26). The Morgan fingerprint density at radius 3 is 2.58 bits per heavy atom. The first kappa shape index (κ1) is 15.6. The monoisotopic (exact) mass is 346 g/mol. The molecule has 0 saturated heterocycles. The van der Waals surface area contributed by atoms with Crippen LogP contribution in [0.25, 0.3) is 22.2 Å². The lowest BCUT2D eigenvalue weighted by Crippen LogP contribution is -2.00. The maximum Gasteiger partial charge on any atom is 0.336 e. The number of aromatic amines is 1. The van der Waals surface area contributed by atoms with E-state index in [2.05, 4.69) is 20.5 Å². The van der Waals surface area contributed by atoms with Gasteiger partial charge in [-0.05, 0) is 35.9 Å². The minimum absolute atomic E-state index is 0.177. The van der Waals surface area contributed by atoms with Gasteiger partial charge in [0.05, 0.1) is 22.8 Å². The number of nitrogens with zero attached hydrogens (tertiary/aromatic N) is 2. The highest BCUT2D eigenvalue weighted by Gasteiger charge is 2.17. The zero-order chi connectivity index (χ0) is 18.1. The molecule has 0 fully saturated rings. The summed E-state index contributed by atoms with van der Waals surface area (Å²) in [6.07, 6.45) is 3.30. The fourth-order valence-electron chi connectivity index (χ4n) is 2.88. The van der Waals surface area contributed by atoms with E-state index in [0.29, 0.717) is 16.8 Å². The van der Waals surface area contributed by atoms with Crippen LogP contribution in [-0.2, 0) is 0 Å². The third kappa shape index (κ3) is 2.71. The van der Waals surface area contributed by atoms with E-state index in [0.717, 1.165) is 16.8 Å². The molecule has 0 radical (unpaired) electrons. The molecule has 7 nitrogen and oxygen atoms in total. The number of phenols is 1. The van der Waals surface area contributed by atoms with Gasteiger partial charge in [-0.3, -0.25) is 0 Å². The molecule has 4 N–H and O–H groups in total. The maximum atomic E-state index is 11.6. The Morgan fingerprint density at radius 2 is 1.81 bits per heavy atom. The average molecular weight is 346 g/mol. The molecule has 2 heterocycles. The average Bonchev–Trinajstić information content (AvgIpc) is 3.06. The Morgan fingerprint density at radius 1 is 1.04 bits per heavy atom. The van der Waals surface area contributed by atoms with Crippen molar-refractivity contribution in [1.82, 2.24) is 15.2 Å². The van der Waals surface area contributed by atoms with Crippen molar-refractivity contribution in [2.24, 2.45) is 0 Å². The molecule has 26 heavy (non-hydrogen) atoms. The Kier molecular flexibility index (Phi) is 3.74. The summed E-state index contributed by atoms with van der Waals surface area (Å²) >= 11 is 0. The molecule has 0 saturated carbocycles. The second kappa shape index (κ2) is 6.21. The summed E-state index contributed by atoms with van der Waals surface area (Å²) in [6.45, 7) is 0. The van der Waals surface area contributed by atoms with Gasteiger partial charge in [0.2, 0.25) is 0 Å². The van der Waals surface area contributed by atoms with Crippen molar-refractivity contribution in [3.63, 3.8) is 0 Å². The van der Waals surface area contributed by atoms with Crippen LogP contribution in [0.2, 0.25) is 0 Å². The first-order valence-corrected chi connectivity index (χ1v) is 7.85. The number of hydrogen-bond donors (Lipinski definition) is 4. The molecule has 0 atom stereocenters. The van der Waals surface area contributed by atoms with Crippen molar-refractivity contribution in [1.29, 1.82) is 0 Å².